The van der Waals surface area contributed by atoms with E-state index < -0.39 is 23.5 Å². The number of aromatic nitrogens is 2. The van der Waals surface area contributed by atoms with Gasteiger partial charge in [-0.05, 0) is 12.1 Å². The second kappa shape index (κ2) is 7.97. The fraction of sp³-hybridized carbons (Fsp3) is 0.412. The highest BCUT2D eigenvalue weighted by molar-refractivity contribution is 5.92. The molecule has 0 radical (unpaired) electrons. The molecule has 1 aromatic carbocycles. The predicted octanol–water partition coefficient (Wildman–Crippen LogP) is 0.359. The standard InChI is InChI=1S/C17H18F3N5O3/c18-17(19,20)16(28)25-9-7-24(8-10-25)6-5-21-15(27)13-22-12-4-2-1-3-11(12)14(26)23-13/h1-4H,5-10H2,(H,21,27)(H,22,23,26). The second-order valence-corrected chi connectivity index (χ2v) is 6.32. The topological polar surface area (TPSA) is 98.4 Å². The lowest BCUT2D eigenvalue weighted by Crippen LogP contribution is -2.53. The van der Waals surface area contributed by atoms with Crippen LogP contribution in [0.15, 0.2) is 29.1 Å². The maximum Gasteiger partial charge on any atom is 0.471 e. The number of para-hydroxylation sites is 1. The Labute approximate surface area is 157 Å². The first-order chi connectivity index (χ1) is 13.3. The highest BCUT2D eigenvalue weighted by Gasteiger charge is 2.43. The summed E-state index contributed by atoms with van der Waals surface area (Å²) in [5.41, 5.74) is -0.0111. The Morgan fingerprint density at radius 2 is 1.82 bits per heavy atom. The van der Waals surface area contributed by atoms with Crippen molar-refractivity contribution < 1.29 is 22.8 Å². The van der Waals surface area contributed by atoms with Crippen LogP contribution in [0.1, 0.15) is 10.6 Å². The predicted molar refractivity (Wildman–Crippen MR) is 93.8 cm³/mol. The normalized spacial score (nSPS) is 15.6. The van der Waals surface area contributed by atoms with Crippen LogP contribution in [-0.2, 0) is 4.79 Å². The molecule has 0 bridgehead atoms. The second-order valence-electron chi connectivity index (χ2n) is 6.32. The van der Waals surface area contributed by atoms with Gasteiger partial charge in [-0.25, -0.2) is 4.98 Å². The number of H-pyrrole nitrogens is 1. The number of nitrogens with one attached hydrogen (secondary N) is 2. The zero-order chi connectivity index (χ0) is 20.3. The van der Waals surface area contributed by atoms with E-state index in [0.29, 0.717) is 17.4 Å². The Morgan fingerprint density at radius 1 is 1.14 bits per heavy atom. The zero-order valence-electron chi connectivity index (χ0n) is 14.8. The van der Waals surface area contributed by atoms with Gasteiger partial charge in [-0.15, -0.1) is 0 Å². The number of rotatable bonds is 4. The fourth-order valence-corrected chi connectivity index (χ4v) is 2.96. The molecule has 2 aromatic rings. The monoisotopic (exact) mass is 397 g/mol. The summed E-state index contributed by atoms with van der Waals surface area (Å²) in [5, 5.41) is 3.00. The molecule has 0 aliphatic carbocycles. The van der Waals surface area contributed by atoms with E-state index >= 15 is 0 Å². The number of hydrogen-bond acceptors (Lipinski definition) is 5. The molecule has 28 heavy (non-hydrogen) atoms. The van der Waals surface area contributed by atoms with Crippen LogP contribution in [0.25, 0.3) is 10.9 Å². The molecule has 1 saturated heterocycles. The number of alkyl halides is 3. The molecule has 0 spiro atoms. The third kappa shape index (κ3) is 4.47. The average molecular weight is 397 g/mol. The molecule has 2 amide bonds. The van der Waals surface area contributed by atoms with Gasteiger partial charge in [0.2, 0.25) is 0 Å². The molecule has 1 aliphatic rings. The van der Waals surface area contributed by atoms with Crippen LogP contribution in [0, 0.1) is 0 Å². The number of hydrogen-bond donors (Lipinski definition) is 2. The molecule has 0 atom stereocenters. The first kappa shape index (κ1) is 19.8. The number of nitrogens with zero attached hydrogens (tertiary/aromatic N) is 3. The quantitative estimate of drug-likeness (QED) is 0.776. The molecule has 2 N–H and O–H groups in total. The zero-order valence-corrected chi connectivity index (χ0v) is 14.8. The number of aromatic amines is 1. The summed E-state index contributed by atoms with van der Waals surface area (Å²) in [4.78, 5) is 44.5. The summed E-state index contributed by atoms with van der Waals surface area (Å²) in [6, 6.07) is 6.63. The number of benzene rings is 1. The lowest BCUT2D eigenvalue weighted by molar-refractivity contribution is -0.187. The summed E-state index contributed by atoms with van der Waals surface area (Å²) < 4.78 is 37.3. The molecule has 1 aromatic heterocycles. The van der Waals surface area contributed by atoms with Crippen LogP contribution in [0.3, 0.4) is 0 Å². The van der Waals surface area contributed by atoms with E-state index in [9.17, 15) is 27.6 Å². The maximum absolute atomic E-state index is 12.4. The fourth-order valence-electron chi connectivity index (χ4n) is 2.96. The van der Waals surface area contributed by atoms with Crippen molar-refractivity contribution in [2.75, 3.05) is 39.3 Å². The van der Waals surface area contributed by atoms with Crippen LogP contribution >= 0.6 is 0 Å². The molecule has 1 aliphatic heterocycles. The molecule has 2 heterocycles. The molecular formula is C17H18F3N5O3. The summed E-state index contributed by atoms with van der Waals surface area (Å²) in [6.45, 7) is 1.14. The summed E-state index contributed by atoms with van der Waals surface area (Å²) >= 11 is 0. The maximum atomic E-state index is 12.4. The van der Waals surface area contributed by atoms with Gasteiger partial charge in [0, 0.05) is 39.3 Å². The lowest BCUT2D eigenvalue weighted by Gasteiger charge is -2.34. The van der Waals surface area contributed by atoms with E-state index in [-0.39, 0.29) is 38.5 Å². The van der Waals surface area contributed by atoms with Gasteiger partial charge in [0.1, 0.15) is 0 Å². The van der Waals surface area contributed by atoms with Gasteiger partial charge in [0.15, 0.2) is 5.82 Å². The van der Waals surface area contributed by atoms with Crippen molar-refractivity contribution in [3.8, 4) is 0 Å². The molecule has 0 unspecified atom stereocenters. The molecule has 1 fully saturated rings. The summed E-state index contributed by atoms with van der Waals surface area (Å²) in [6.07, 6.45) is -4.86. The van der Waals surface area contributed by atoms with Crippen molar-refractivity contribution in [3.05, 3.63) is 40.4 Å². The summed E-state index contributed by atoms with van der Waals surface area (Å²) in [7, 11) is 0. The van der Waals surface area contributed by atoms with Gasteiger partial charge < -0.3 is 15.2 Å². The van der Waals surface area contributed by atoms with E-state index in [0.717, 1.165) is 4.90 Å². The average Bonchev–Trinajstić information content (AvgIpc) is 2.67. The highest BCUT2D eigenvalue weighted by atomic mass is 19.4. The minimum atomic E-state index is -4.86. The van der Waals surface area contributed by atoms with Crippen molar-refractivity contribution >= 4 is 22.7 Å². The van der Waals surface area contributed by atoms with E-state index in [1.54, 1.807) is 24.3 Å². The number of amides is 2. The largest absolute Gasteiger partial charge is 0.471 e. The Morgan fingerprint density at radius 3 is 2.50 bits per heavy atom. The number of fused-ring (bicyclic) bond motifs is 1. The van der Waals surface area contributed by atoms with Crippen LogP contribution in [0.5, 0.6) is 0 Å². The number of halogens is 3. The highest BCUT2D eigenvalue weighted by Crippen LogP contribution is 2.19. The summed E-state index contributed by atoms with van der Waals surface area (Å²) in [5.74, 6) is -2.48. The van der Waals surface area contributed by atoms with Crippen molar-refractivity contribution in [2.45, 2.75) is 6.18 Å². The molecule has 3 rings (SSSR count). The van der Waals surface area contributed by atoms with Crippen molar-refractivity contribution in [1.29, 1.82) is 0 Å². The third-order valence-electron chi connectivity index (χ3n) is 4.44. The SMILES string of the molecule is O=C(NCCN1CCN(C(=O)C(F)(F)F)CC1)c1nc2ccccc2c(=O)[nH]1. The van der Waals surface area contributed by atoms with Crippen LogP contribution in [0.4, 0.5) is 13.2 Å². The Hall–Kier alpha value is -2.95. The number of carbonyl (C=O) groups is 2. The minimum absolute atomic E-state index is 0.0220. The van der Waals surface area contributed by atoms with Crippen molar-refractivity contribution in [3.63, 3.8) is 0 Å². The van der Waals surface area contributed by atoms with Gasteiger partial charge in [-0.2, -0.15) is 13.2 Å². The van der Waals surface area contributed by atoms with Gasteiger partial charge in [0.05, 0.1) is 10.9 Å². The van der Waals surface area contributed by atoms with Crippen LogP contribution in [0.2, 0.25) is 0 Å². The van der Waals surface area contributed by atoms with Crippen LogP contribution < -0.4 is 10.9 Å². The lowest BCUT2D eigenvalue weighted by atomic mass is 10.2. The third-order valence-corrected chi connectivity index (χ3v) is 4.44. The first-order valence-electron chi connectivity index (χ1n) is 8.61. The Balaban J connectivity index is 1.49. The van der Waals surface area contributed by atoms with E-state index in [1.807, 2.05) is 4.90 Å². The smallest absolute Gasteiger partial charge is 0.348 e. The van der Waals surface area contributed by atoms with Gasteiger partial charge >= 0.3 is 12.1 Å². The van der Waals surface area contributed by atoms with Crippen molar-refractivity contribution in [1.82, 2.24) is 25.1 Å². The number of piperazine rings is 1. The van der Waals surface area contributed by atoms with Crippen LogP contribution in [-0.4, -0.2) is 77.0 Å². The van der Waals surface area contributed by atoms with E-state index in [4.69, 9.17) is 0 Å². The van der Waals surface area contributed by atoms with Crippen molar-refractivity contribution in [2.24, 2.45) is 0 Å². The van der Waals surface area contributed by atoms with Gasteiger partial charge in [0.25, 0.3) is 11.5 Å². The molecule has 150 valence electrons. The number of carbonyl (C=O) groups excluding carboxylic acids is 2. The first-order valence-corrected chi connectivity index (χ1v) is 8.61. The van der Waals surface area contributed by atoms with Gasteiger partial charge in [-0.1, -0.05) is 12.1 Å². The van der Waals surface area contributed by atoms with E-state index in [2.05, 4.69) is 15.3 Å². The Bertz CT molecular complexity index is 936. The molecule has 11 heteroatoms. The van der Waals surface area contributed by atoms with E-state index in [1.165, 1.54) is 0 Å². The van der Waals surface area contributed by atoms with Gasteiger partial charge in [-0.3, -0.25) is 19.3 Å². The molecular weight excluding hydrogens is 379 g/mol. The molecule has 8 nitrogen and oxygen atoms in total. The minimum Gasteiger partial charge on any atom is -0.348 e. The molecule has 0 saturated carbocycles. The Kier molecular flexibility index (Phi) is 5.63.